The minimum Gasteiger partial charge on any atom is -0.481 e. The lowest BCUT2D eigenvalue weighted by atomic mass is 9.77. The van der Waals surface area contributed by atoms with Gasteiger partial charge in [-0.3, -0.25) is 4.79 Å². The standard InChI is InChI=1S/C10H19NO2/c1-10(2,9(12)13)8(11)7-5-3-4-6-7/h7-8H,3-6,11H2,1-2H3,(H,12,13)/t8-/m0/s1. The van der Waals surface area contributed by atoms with Crippen molar-refractivity contribution >= 4 is 5.97 Å². The van der Waals surface area contributed by atoms with Gasteiger partial charge >= 0.3 is 5.97 Å². The lowest BCUT2D eigenvalue weighted by Crippen LogP contribution is -2.47. The molecule has 0 unspecified atom stereocenters. The Bertz CT molecular complexity index is 195. The lowest BCUT2D eigenvalue weighted by molar-refractivity contribution is -0.148. The van der Waals surface area contributed by atoms with E-state index in [1.165, 1.54) is 12.8 Å². The normalized spacial score (nSPS) is 21.8. The highest BCUT2D eigenvalue weighted by Gasteiger charge is 2.39. The van der Waals surface area contributed by atoms with E-state index in [0.29, 0.717) is 5.92 Å². The zero-order valence-corrected chi connectivity index (χ0v) is 8.42. The number of nitrogens with two attached hydrogens (primary N) is 1. The summed E-state index contributed by atoms with van der Waals surface area (Å²) >= 11 is 0. The predicted octanol–water partition coefficient (Wildman–Crippen LogP) is 1.61. The average molecular weight is 185 g/mol. The maximum atomic E-state index is 10.9. The van der Waals surface area contributed by atoms with Crippen molar-refractivity contribution in [2.75, 3.05) is 0 Å². The molecule has 3 heteroatoms. The second-order valence-electron chi connectivity index (χ2n) is 4.60. The Morgan fingerprint density at radius 3 is 2.31 bits per heavy atom. The third-order valence-corrected chi connectivity index (χ3v) is 3.29. The molecule has 1 fully saturated rings. The van der Waals surface area contributed by atoms with Crippen molar-refractivity contribution in [2.45, 2.75) is 45.6 Å². The number of aliphatic carboxylic acids is 1. The summed E-state index contributed by atoms with van der Waals surface area (Å²) in [5, 5.41) is 8.99. The van der Waals surface area contributed by atoms with Gasteiger partial charge in [-0.2, -0.15) is 0 Å². The van der Waals surface area contributed by atoms with E-state index in [1.807, 2.05) is 0 Å². The van der Waals surface area contributed by atoms with Gasteiger partial charge in [-0.25, -0.2) is 0 Å². The minimum absolute atomic E-state index is 0.201. The summed E-state index contributed by atoms with van der Waals surface area (Å²) in [5.41, 5.74) is 5.19. The van der Waals surface area contributed by atoms with Crippen molar-refractivity contribution in [3.63, 3.8) is 0 Å². The van der Waals surface area contributed by atoms with E-state index in [4.69, 9.17) is 10.8 Å². The average Bonchev–Trinajstić information content (AvgIpc) is 2.54. The van der Waals surface area contributed by atoms with E-state index in [0.717, 1.165) is 12.8 Å². The van der Waals surface area contributed by atoms with Crippen molar-refractivity contribution in [1.82, 2.24) is 0 Å². The molecule has 1 aliphatic rings. The largest absolute Gasteiger partial charge is 0.481 e. The van der Waals surface area contributed by atoms with Gasteiger partial charge in [0.15, 0.2) is 0 Å². The number of hydrogen-bond acceptors (Lipinski definition) is 2. The third-order valence-electron chi connectivity index (χ3n) is 3.29. The zero-order chi connectivity index (χ0) is 10.1. The molecular weight excluding hydrogens is 166 g/mol. The number of carboxylic acids is 1. The Morgan fingerprint density at radius 1 is 1.46 bits per heavy atom. The molecule has 1 aliphatic carbocycles. The first-order valence-electron chi connectivity index (χ1n) is 4.95. The van der Waals surface area contributed by atoms with Crippen LogP contribution in [0.2, 0.25) is 0 Å². The third kappa shape index (κ3) is 2.02. The molecular formula is C10H19NO2. The number of carboxylic acid groups (broad SMARTS) is 1. The molecule has 0 aromatic rings. The summed E-state index contributed by atoms with van der Waals surface area (Å²) in [5.74, 6) is -0.377. The molecule has 0 aromatic heterocycles. The summed E-state index contributed by atoms with van der Waals surface area (Å²) in [7, 11) is 0. The Balaban J connectivity index is 2.64. The summed E-state index contributed by atoms with van der Waals surface area (Å²) in [6.07, 6.45) is 4.60. The van der Waals surface area contributed by atoms with Gasteiger partial charge in [0.25, 0.3) is 0 Å². The fourth-order valence-electron chi connectivity index (χ4n) is 2.05. The van der Waals surface area contributed by atoms with Crippen LogP contribution in [0.5, 0.6) is 0 Å². The van der Waals surface area contributed by atoms with E-state index < -0.39 is 11.4 Å². The van der Waals surface area contributed by atoms with Gasteiger partial charge in [0.1, 0.15) is 0 Å². The van der Waals surface area contributed by atoms with Crippen LogP contribution in [0.1, 0.15) is 39.5 Å². The van der Waals surface area contributed by atoms with Gasteiger partial charge in [-0.1, -0.05) is 12.8 Å². The van der Waals surface area contributed by atoms with Crippen molar-refractivity contribution in [3.8, 4) is 0 Å². The molecule has 0 spiro atoms. The van der Waals surface area contributed by atoms with Crippen LogP contribution < -0.4 is 5.73 Å². The summed E-state index contributed by atoms with van der Waals surface area (Å²) in [6.45, 7) is 3.44. The molecule has 76 valence electrons. The van der Waals surface area contributed by atoms with Crippen LogP contribution in [0.15, 0.2) is 0 Å². The van der Waals surface area contributed by atoms with E-state index in [-0.39, 0.29) is 6.04 Å². The molecule has 0 bridgehead atoms. The van der Waals surface area contributed by atoms with Crippen LogP contribution in [0, 0.1) is 11.3 Å². The van der Waals surface area contributed by atoms with Gasteiger partial charge in [-0.15, -0.1) is 0 Å². The minimum atomic E-state index is -0.785. The highest BCUT2D eigenvalue weighted by molar-refractivity contribution is 5.74. The molecule has 0 aliphatic heterocycles. The number of carbonyl (C=O) groups is 1. The summed E-state index contributed by atoms with van der Waals surface area (Å²) < 4.78 is 0. The van der Waals surface area contributed by atoms with E-state index >= 15 is 0 Å². The number of hydrogen-bond donors (Lipinski definition) is 2. The Kier molecular flexibility index (Phi) is 2.96. The fraction of sp³-hybridized carbons (Fsp3) is 0.900. The molecule has 0 amide bonds. The fourth-order valence-corrected chi connectivity index (χ4v) is 2.05. The van der Waals surface area contributed by atoms with Gasteiger partial charge in [-0.05, 0) is 32.6 Å². The topological polar surface area (TPSA) is 63.3 Å². The number of rotatable bonds is 3. The molecule has 1 saturated carbocycles. The van der Waals surface area contributed by atoms with E-state index in [2.05, 4.69) is 0 Å². The van der Waals surface area contributed by atoms with Crippen LogP contribution >= 0.6 is 0 Å². The van der Waals surface area contributed by atoms with Crippen molar-refractivity contribution in [3.05, 3.63) is 0 Å². The second kappa shape index (κ2) is 3.66. The molecule has 13 heavy (non-hydrogen) atoms. The van der Waals surface area contributed by atoms with Crippen molar-refractivity contribution in [1.29, 1.82) is 0 Å². The molecule has 0 radical (unpaired) electrons. The quantitative estimate of drug-likeness (QED) is 0.702. The van der Waals surface area contributed by atoms with Crippen molar-refractivity contribution in [2.24, 2.45) is 17.1 Å². The monoisotopic (exact) mass is 185 g/mol. The van der Waals surface area contributed by atoms with E-state index in [9.17, 15) is 4.79 Å². The predicted molar refractivity (Wildman–Crippen MR) is 51.4 cm³/mol. The molecule has 0 aromatic carbocycles. The first-order valence-corrected chi connectivity index (χ1v) is 4.95. The molecule has 0 heterocycles. The first kappa shape index (κ1) is 10.5. The van der Waals surface area contributed by atoms with Crippen LogP contribution in [-0.4, -0.2) is 17.1 Å². The molecule has 1 atom stereocenters. The molecule has 3 nitrogen and oxygen atoms in total. The highest BCUT2D eigenvalue weighted by atomic mass is 16.4. The van der Waals surface area contributed by atoms with Crippen LogP contribution in [0.4, 0.5) is 0 Å². The Hall–Kier alpha value is -0.570. The summed E-state index contributed by atoms with van der Waals surface area (Å²) in [4.78, 5) is 10.9. The van der Waals surface area contributed by atoms with E-state index in [1.54, 1.807) is 13.8 Å². The second-order valence-corrected chi connectivity index (χ2v) is 4.60. The summed E-state index contributed by atoms with van der Waals surface area (Å²) in [6, 6.07) is -0.201. The van der Waals surface area contributed by atoms with Gasteiger partial charge in [0.05, 0.1) is 5.41 Å². The van der Waals surface area contributed by atoms with Crippen LogP contribution in [0.25, 0.3) is 0 Å². The first-order chi connectivity index (χ1) is 5.96. The lowest BCUT2D eigenvalue weighted by Gasteiger charge is -2.31. The maximum Gasteiger partial charge on any atom is 0.310 e. The molecule has 3 N–H and O–H groups in total. The van der Waals surface area contributed by atoms with Gasteiger partial charge in [0, 0.05) is 6.04 Å². The van der Waals surface area contributed by atoms with Gasteiger partial charge < -0.3 is 10.8 Å². The van der Waals surface area contributed by atoms with Crippen LogP contribution in [0.3, 0.4) is 0 Å². The maximum absolute atomic E-state index is 10.9. The van der Waals surface area contributed by atoms with Gasteiger partial charge in [0.2, 0.25) is 0 Å². The Labute approximate surface area is 79.3 Å². The van der Waals surface area contributed by atoms with Crippen LogP contribution in [-0.2, 0) is 4.79 Å². The van der Waals surface area contributed by atoms with Crippen molar-refractivity contribution < 1.29 is 9.90 Å². The smallest absolute Gasteiger partial charge is 0.310 e. The highest BCUT2D eigenvalue weighted by Crippen LogP contribution is 2.34. The SMILES string of the molecule is CC(C)(C(=O)O)[C@@H](N)C1CCCC1. The Morgan fingerprint density at radius 2 is 1.92 bits per heavy atom. The molecule has 0 saturated heterocycles. The zero-order valence-electron chi connectivity index (χ0n) is 8.42. The molecule has 1 rings (SSSR count).